The van der Waals surface area contributed by atoms with E-state index in [1.165, 1.54) is 23.5 Å². The van der Waals surface area contributed by atoms with Crippen molar-refractivity contribution in [3.05, 3.63) is 24.3 Å². The van der Waals surface area contributed by atoms with Crippen LogP contribution in [0.2, 0.25) is 0 Å². The van der Waals surface area contributed by atoms with Gasteiger partial charge in [0.05, 0.1) is 23.4 Å². The highest BCUT2D eigenvalue weighted by Gasteiger charge is 2.22. The predicted molar refractivity (Wildman–Crippen MR) is 77.4 cm³/mol. The fourth-order valence-corrected chi connectivity index (χ4v) is 3.64. The third-order valence-corrected chi connectivity index (χ3v) is 4.96. The summed E-state index contributed by atoms with van der Waals surface area (Å²) in [7, 11) is 1.17. The van der Waals surface area contributed by atoms with Crippen LogP contribution >= 0.6 is 15.9 Å². The quantitative estimate of drug-likeness (QED) is 0.702. The fourth-order valence-electron chi connectivity index (χ4n) is 1.54. The molecule has 0 aromatic heterocycles. The summed E-state index contributed by atoms with van der Waals surface area (Å²) in [5, 5.41) is 0. The van der Waals surface area contributed by atoms with Crippen LogP contribution in [0.3, 0.4) is 0 Å². The van der Waals surface area contributed by atoms with Gasteiger partial charge < -0.3 is 9.47 Å². The van der Waals surface area contributed by atoms with Crippen LogP contribution in [0.25, 0.3) is 0 Å². The number of sulfonamides is 1. The monoisotopic (exact) mass is 351 g/mol. The Hall–Kier alpha value is -0.630. The van der Waals surface area contributed by atoms with Gasteiger partial charge in [-0.15, -0.1) is 0 Å². The Kier molecular flexibility index (Phi) is 6.25. The predicted octanol–water partition coefficient (Wildman–Crippen LogP) is 1.73. The van der Waals surface area contributed by atoms with Crippen molar-refractivity contribution < 1.29 is 17.9 Å². The molecular weight excluding hydrogens is 334 g/mol. The van der Waals surface area contributed by atoms with Crippen molar-refractivity contribution in [3.63, 3.8) is 0 Å². The molecule has 1 aromatic rings. The number of alkyl halides is 1. The minimum Gasteiger partial charge on any atom is -0.497 e. The summed E-state index contributed by atoms with van der Waals surface area (Å²) in [5.41, 5.74) is 0. The molecule has 1 rings (SSSR count). The highest BCUT2D eigenvalue weighted by molar-refractivity contribution is 9.09. The van der Waals surface area contributed by atoms with Gasteiger partial charge in [0.2, 0.25) is 10.0 Å². The summed E-state index contributed by atoms with van der Waals surface area (Å²) in [5.74, 6) is 0.624. The lowest BCUT2D eigenvalue weighted by Gasteiger charge is -2.20. The van der Waals surface area contributed by atoms with Crippen LogP contribution in [-0.2, 0) is 14.8 Å². The van der Waals surface area contributed by atoms with Crippen LogP contribution < -0.4 is 4.74 Å². The zero-order valence-corrected chi connectivity index (χ0v) is 13.6. The topological polar surface area (TPSA) is 55.8 Å². The van der Waals surface area contributed by atoms with Gasteiger partial charge in [-0.05, 0) is 24.3 Å². The normalized spacial score (nSPS) is 13.5. The summed E-state index contributed by atoms with van der Waals surface area (Å²) < 4.78 is 35.9. The maximum Gasteiger partial charge on any atom is 0.242 e. The number of halogens is 1. The fraction of sp³-hybridized carbons (Fsp3) is 0.500. The van der Waals surface area contributed by atoms with Crippen molar-refractivity contribution in [3.8, 4) is 5.75 Å². The van der Waals surface area contributed by atoms with E-state index in [1.54, 1.807) is 26.3 Å². The second-order valence-corrected chi connectivity index (χ2v) is 7.35. The third kappa shape index (κ3) is 4.45. The number of hydrogen-bond acceptors (Lipinski definition) is 4. The molecule has 7 heteroatoms. The summed E-state index contributed by atoms with van der Waals surface area (Å²) in [4.78, 5) is 0.198. The zero-order chi connectivity index (χ0) is 14.5. The summed E-state index contributed by atoms with van der Waals surface area (Å²) >= 11 is 3.38. The van der Waals surface area contributed by atoms with E-state index in [1.807, 2.05) is 0 Å². The van der Waals surface area contributed by atoms with E-state index in [2.05, 4.69) is 15.9 Å². The molecule has 0 spiro atoms. The zero-order valence-electron chi connectivity index (χ0n) is 11.2. The Morgan fingerprint density at radius 1 is 1.26 bits per heavy atom. The van der Waals surface area contributed by atoms with E-state index in [0.29, 0.717) is 18.9 Å². The highest BCUT2D eigenvalue weighted by atomic mass is 79.9. The van der Waals surface area contributed by atoms with Gasteiger partial charge in [-0.3, -0.25) is 0 Å². The highest BCUT2D eigenvalue weighted by Crippen LogP contribution is 2.19. The molecule has 0 aliphatic heterocycles. The molecule has 0 fully saturated rings. The lowest BCUT2D eigenvalue weighted by atomic mass is 10.3. The van der Waals surface area contributed by atoms with Crippen molar-refractivity contribution in [1.82, 2.24) is 4.31 Å². The first-order chi connectivity index (χ1) is 8.91. The second kappa shape index (κ2) is 7.23. The molecule has 1 aromatic carbocycles. The molecule has 0 saturated heterocycles. The van der Waals surface area contributed by atoms with Gasteiger partial charge in [0.25, 0.3) is 0 Å². The number of hydrogen-bond donors (Lipinski definition) is 0. The lowest BCUT2D eigenvalue weighted by molar-refractivity contribution is 0.195. The maximum atomic E-state index is 12.3. The van der Waals surface area contributed by atoms with Gasteiger partial charge in [0, 0.05) is 20.7 Å². The third-order valence-electron chi connectivity index (χ3n) is 2.57. The van der Waals surface area contributed by atoms with Gasteiger partial charge in [0.15, 0.2) is 0 Å². The van der Waals surface area contributed by atoms with Crippen LogP contribution in [0.4, 0.5) is 0 Å². The molecule has 1 unspecified atom stereocenters. The van der Waals surface area contributed by atoms with Crippen molar-refractivity contribution in [2.75, 3.05) is 34.4 Å². The van der Waals surface area contributed by atoms with E-state index < -0.39 is 10.0 Å². The molecule has 19 heavy (non-hydrogen) atoms. The Balaban J connectivity index is 2.83. The Morgan fingerprint density at radius 3 is 2.32 bits per heavy atom. The van der Waals surface area contributed by atoms with Gasteiger partial charge in [-0.1, -0.05) is 15.9 Å². The van der Waals surface area contributed by atoms with E-state index in [9.17, 15) is 8.42 Å². The molecule has 0 amide bonds. The van der Waals surface area contributed by atoms with Crippen LogP contribution in [0.5, 0.6) is 5.75 Å². The van der Waals surface area contributed by atoms with Gasteiger partial charge in [-0.2, -0.15) is 4.31 Å². The van der Waals surface area contributed by atoms with E-state index in [-0.39, 0.29) is 9.72 Å². The van der Waals surface area contributed by atoms with E-state index in [4.69, 9.17) is 9.47 Å². The second-order valence-electron chi connectivity index (χ2n) is 4.01. The molecule has 1 atom stereocenters. The van der Waals surface area contributed by atoms with Crippen molar-refractivity contribution >= 4 is 26.0 Å². The molecule has 5 nitrogen and oxygen atoms in total. The van der Waals surface area contributed by atoms with Crippen LogP contribution in [0.1, 0.15) is 0 Å². The summed E-state index contributed by atoms with van der Waals surface area (Å²) in [6.45, 7) is 0.782. The molecular formula is C12H18BrNO4S. The summed E-state index contributed by atoms with van der Waals surface area (Å²) in [6, 6.07) is 6.32. The maximum absolute atomic E-state index is 12.3. The van der Waals surface area contributed by atoms with Crippen LogP contribution in [0, 0.1) is 0 Å². The average Bonchev–Trinajstić information content (AvgIpc) is 2.39. The largest absolute Gasteiger partial charge is 0.497 e. The molecule has 0 bridgehead atoms. The SMILES string of the molecule is COCC(Br)CN(C)S(=O)(=O)c1ccc(OC)cc1. The minimum atomic E-state index is -3.49. The molecule has 108 valence electrons. The Morgan fingerprint density at radius 2 is 1.84 bits per heavy atom. The molecule has 0 heterocycles. The molecule has 0 saturated carbocycles. The Bertz CT molecular complexity index is 489. The molecule has 0 radical (unpaired) electrons. The standard InChI is InChI=1S/C12H18BrNO4S/c1-14(8-10(13)9-17-2)19(15,16)12-6-4-11(18-3)5-7-12/h4-7,10H,8-9H2,1-3H3. The van der Waals surface area contributed by atoms with Gasteiger partial charge in [-0.25, -0.2) is 8.42 Å². The molecule has 0 aliphatic rings. The van der Waals surface area contributed by atoms with Crippen molar-refractivity contribution in [2.24, 2.45) is 0 Å². The number of rotatable bonds is 7. The Labute approximate surface area is 122 Å². The van der Waals surface area contributed by atoms with E-state index in [0.717, 1.165) is 0 Å². The number of benzene rings is 1. The van der Waals surface area contributed by atoms with Crippen molar-refractivity contribution in [2.45, 2.75) is 9.72 Å². The first-order valence-electron chi connectivity index (χ1n) is 5.65. The smallest absolute Gasteiger partial charge is 0.242 e. The van der Waals surface area contributed by atoms with Crippen LogP contribution in [-0.4, -0.2) is 52.0 Å². The molecule has 0 N–H and O–H groups in total. The number of nitrogens with zero attached hydrogens (tertiary/aromatic N) is 1. The van der Waals surface area contributed by atoms with Gasteiger partial charge >= 0.3 is 0 Å². The average molecular weight is 352 g/mol. The van der Waals surface area contributed by atoms with Crippen LogP contribution in [0.15, 0.2) is 29.2 Å². The summed E-state index contributed by atoms with van der Waals surface area (Å²) in [6.07, 6.45) is 0. The van der Waals surface area contributed by atoms with Gasteiger partial charge in [0.1, 0.15) is 5.75 Å². The number of methoxy groups -OCH3 is 2. The van der Waals surface area contributed by atoms with E-state index >= 15 is 0 Å². The lowest BCUT2D eigenvalue weighted by Crippen LogP contribution is -2.33. The molecule has 0 aliphatic carbocycles. The minimum absolute atomic E-state index is 0.0458. The van der Waals surface area contributed by atoms with Crippen molar-refractivity contribution in [1.29, 1.82) is 0 Å². The first-order valence-corrected chi connectivity index (χ1v) is 8.00. The first kappa shape index (κ1) is 16.4. The number of ether oxygens (including phenoxy) is 2.